The SMILES string of the molecule is CC(C)C[C@H](NC(=O)[C@@H](Cc1ccccc1)C[PH](=O)[C@H](Cc1ccccc1)NC(=O)N(C)C)C(=O)c1ccccc1NC(=O)[C@H](C)N. The molecular weight excluding hydrogens is 613 g/mol. The van der Waals surface area contributed by atoms with Crippen LogP contribution in [0.15, 0.2) is 84.9 Å². The highest BCUT2D eigenvalue weighted by Crippen LogP contribution is 2.33. The van der Waals surface area contributed by atoms with E-state index in [-0.39, 0.29) is 29.5 Å². The lowest BCUT2D eigenvalue weighted by Gasteiger charge is -2.26. The van der Waals surface area contributed by atoms with Gasteiger partial charge in [-0.15, -0.1) is 0 Å². The van der Waals surface area contributed by atoms with Gasteiger partial charge in [-0.3, -0.25) is 14.4 Å². The number of benzene rings is 3. The van der Waals surface area contributed by atoms with Crippen molar-refractivity contribution in [3.05, 3.63) is 102 Å². The number of amides is 4. The van der Waals surface area contributed by atoms with Crippen LogP contribution in [0.25, 0.3) is 0 Å². The molecule has 0 bridgehead atoms. The van der Waals surface area contributed by atoms with Crippen LogP contribution < -0.4 is 21.7 Å². The maximum atomic E-state index is 14.1. The van der Waals surface area contributed by atoms with E-state index < -0.39 is 43.4 Å². The number of hydrogen-bond donors (Lipinski definition) is 4. The van der Waals surface area contributed by atoms with E-state index in [1.165, 1.54) is 4.90 Å². The second-order valence-corrected chi connectivity index (χ2v) is 14.6. The molecule has 0 heterocycles. The normalized spacial score (nSPS) is 14.3. The van der Waals surface area contributed by atoms with E-state index in [1.54, 1.807) is 45.3 Å². The topological polar surface area (TPSA) is 151 Å². The van der Waals surface area contributed by atoms with Crippen LogP contribution >= 0.6 is 7.80 Å². The molecule has 0 fully saturated rings. The molecule has 0 saturated carbocycles. The molecule has 47 heavy (non-hydrogen) atoms. The summed E-state index contributed by atoms with van der Waals surface area (Å²) in [5.41, 5.74) is 8.11. The van der Waals surface area contributed by atoms with Gasteiger partial charge in [0.25, 0.3) is 0 Å². The average Bonchev–Trinajstić information content (AvgIpc) is 3.04. The Balaban J connectivity index is 1.92. The maximum Gasteiger partial charge on any atom is 0.317 e. The molecule has 0 aromatic heterocycles. The quantitative estimate of drug-likeness (QED) is 0.126. The van der Waals surface area contributed by atoms with Gasteiger partial charge >= 0.3 is 6.03 Å². The third-order valence-corrected chi connectivity index (χ3v) is 9.74. The molecule has 252 valence electrons. The Kier molecular flexibility index (Phi) is 14.4. The second kappa shape index (κ2) is 18.2. The number of nitrogens with two attached hydrogens (primary N) is 1. The summed E-state index contributed by atoms with van der Waals surface area (Å²) in [5, 5.41) is 8.60. The lowest BCUT2D eigenvalue weighted by atomic mass is 9.93. The molecule has 3 aromatic rings. The zero-order valence-electron chi connectivity index (χ0n) is 27.9. The van der Waals surface area contributed by atoms with Crippen LogP contribution in [0.2, 0.25) is 0 Å². The van der Waals surface area contributed by atoms with E-state index in [2.05, 4.69) is 16.0 Å². The number of nitrogens with one attached hydrogen (secondary N) is 3. The molecule has 0 spiro atoms. The van der Waals surface area contributed by atoms with Crippen LogP contribution in [0.4, 0.5) is 10.5 Å². The van der Waals surface area contributed by atoms with E-state index in [0.29, 0.717) is 24.9 Å². The summed E-state index contributed by atoms with van der Waals surface area (Å²) >= 11 is 0. The molecule has 5 N–H and O–H groups in total. The Morgan fingerprint density at radius 3 is 1.87 bits per heavy atom. The highest BCUT2D eigenvalue weighted by Gasteiger charge is 2.31. The number of nitrogens with zero attached hydrogens (tertiary/aromatic N) is 1. The van der Waals surface area contributed by atoms with E-state index in [9.17, 15) is 23.7 Å². The summed E-state index contributed by atoms with van der Waals surface area (Å²) in [6.45, 7) is 5.46. The highest BCUT2D eigenvalue weighted by molar-refractivity contribution is 7.45. The van der Waals surface area contributed by atoms with Crippen molar-refractivity contribution in [2.75, 3.05) is 25.6 Å². The number of ketones is 1. The van der Waals surface area contributed by atoms with Gasteiger partial charge in [-0.1, -0.05) is 86.6 Å². The fourth-order valence-corrected chi connectivity index (χ4v) is 7.00. The van der Waals surface area contributed by atoms with E-state index in [0.717, 1.165) is 11.1 Å². The number of anilines is 1. The van der Waals surface area contributed by atoms with Gasteiger partial charge in [0.05, 0.1) is 31.4 Å². The number of rotatable bonds is 16. The minimum Gasteiger partial charge on any atom is -0.346 e. The van der Waals surface area contributed by atoms with Gasteiger partial charge in [-0.25, -0.2) is 4.79 Å². The van der Waals surface area contributed by atoms with Gasteiger partial charge in [0.2, 0.25) is 11.8 Å². The van der Waals surface area contributed by atoms with Crippen LogP contribution in [-0.4, -0.2) is 66.7 Å². The van der Waals surface area contributed by atoms with Crippen molar-refractivity contribution in [1.29, 1.82) is 0 Å². The summed E-state index contributed by atoms with van der Waals surface area (Å²) in [5.74, 6) is -2.56. The monoisotopic (exact) mass is 661 g/mol. The number of urea groups is 1. The molecular formula is C36H48N5O5P. The van der Waals surface area contributed by atoms with Gasteiger partial charge in [-0.2, -0.15) is 0 Å². The first-order chi connectivity index (χ1) is 22.3. The van der Waals surface area contributed by atoms with Gasteiger partial charge in [0.1, 0.15) is 0 Å². The third kappa shape index (κ3) is 11.8. The summed E-state index contributed by atoms with van der Waals surface area (Å²) in [4.78, 5) is 54.5. The average molecular weight is 662 g/mol. The van der Waals surface area contributed by atoms with Crippen LogP contribution in [-0.2, 0) is 27.0 Å². The molecule has 11 heteroatoms. The van der Waals surface area contributed by atoms with E-state index in [1.807, 2.05) is 74.5 Å². The Bertz CT molecular complexity index is 1510. The molecule has 1 unspecified atom stereocenters. The minimum absolute atomic E-state index is 0.0280. The fourth-order valence-electron chi connectivity index (χ4n) is 5.15. The Labute approximate surface area is 278 Å². The van der Waals surface area contributed by atoms with Crippen molar-refractivity contribution in [3.8, 4) is 0 Å². The van der Waals surface area contributed by atoms with Crippen LogP contribution in [0, 0.1) is 11.8 Å². The first-order valence-electron chi connectivity index (χ1n) is 15.9. The van der Waals surface area contributed by atoms with Crippen molar-refractivity contribution in [1.82, 2.24) is 15.5 Å². The fraction of sp³-hybridized carbons (Fsp3) is 0.389. The van der Waals surface area contributed by atoms with Crippen molar-refractivity contribution in [2.45, 2.75) is 57.9 Å². The molecule has 0 aliphatic heterocycles. The van der Waals surface area contributed by atoms with Crippen molar-refractivity contribution < 1.29 is 23.7 Å². The molecule has 0 aliphatic carbocycles. The van der Waals surface area contributed by atoms with E-state index >= 15 is 0 Å². The molecule has 5 atom stereocenters. The van der Waals surface area contributed by atoms with E-state index in [4.69, 9.17) is 5.73 Å². The van der Waals surface area contributed by atoms with Crippen molar-refractivity contribution >= 4 is 37.1 Å². The summed E-state index contributed by atoms with van der Waals surface area (Å²) in [6, 6.07) is 23.5. The van der Waals surface area contributed by atoms with Gasteiger partial charge in [-0.05, 0) is 55.4 Å². The summed E-state index contributed by atoms with van der Waals surface area (Å²) in [7, 11) is 0.643. The zero-order valence-corrected chi connectivity index (χ0v) is 28.9. The molecule has 3 rings (SSSR count). The number of hydrogen-bond acceptors (Lipinski definition) is 6. The Hall–Kier alpha value is -4.27. The standard InChI is InChI=1S/C36H48N5O5P/c1-24(2)20-31(33(42)29-18-12-13-19-30(29)38-34(43)25(3)37)39-35(44)28(21-26-14-8-6-9-15-26)23-47(46)32(40-36(45)41(4)5)22-27-16-10-7-11-17-27/h6-19,24-25,28,31-32,47H,20-23,37H2,1-5H3,(H,38,43)(H,39,44)(H,40,45)/t25-,28-,31-,32+/m0/s1. The lowest BCUT2D eigenvalue weighted by molar-refractivity contribution is -0.125. The lowest BCUT2D eigenvalue weighted by Crippen LogP contribution is -2.46. The van der Waals surface area contributed by atoms with Crippen molar-refractivity contribution in [3.63, 3.8) is 0 Å². The van der Waals surface area contributed by atoms with Crippen molar-refractivity contribution in [2.24, 2.45) is 17.6 Å². The first-order valence-corrected chi connectivity index (χ1v) is 17.6. The predicted octanol–water partition coefficient (Wildman–Crippen LogP) is 4.94. The molecule has 0 radical (unpaired) electrons. The second-order valence-electron chi connectivity index (χ2n) is 12.5. The number of para-hydroxylation sites is 1. The zero-order chi connectivity index (χ0) is 34.5. The molecule has 0 saturated heterocycles. The minimum atomic E-state index is -2.59. The number of carbonyl (C=O) groups excluding carboxylic acids is 4. The molecule has 0 aliphatic rings. The number of Topliss-reactive ketones (excluding diaryl/α,β-unsaturated/α-hetero) is 1. The smallest absolute Gasteiger partial charge is 0.317 e. The molecule has 3 aromatic carbocycles. The predicted molar refractivity (Wildman–Crippen MR) is 188 cm³/mol. The highest BCUT2D eigenvalue weighted by atomic mass is 31.1. The van der Waals surface area contributed by atoms with Gasteiger partial charge < -0.3 is 31.1 Å². The summed E-state index contributed by atoms with van der Waals surface area (Å²) < 4.78 is 14.1. The first kappa shape index (κ1) is 37.2. The maximum absolute atomic E-state index is 14.1. The Morgan fingerprint density at radius 1 is 0.766 bits per heavy atom. The molecule has 4 amide bonds. The van der Waals surface area contributed by atoms with Gasteiger partial charge in [0.15, 0.2) is 5.78 Å². The Morgan fingerprint density at radius 2 is 1.32 bits per heavy atom. The van der Waals surface area contributed by atoms with Crippen LogP contribution in [0.1, 0.15) is 48.7 Å². The third-order valence-electron chi connectivity index (χ3n) is 7.72. The largest absolute Gasteiger partial charge is 0.346 e. The van der Waals surface area contributed by atoms with Crippen LogP contribution in [0.3, 0.4) is 0 Å². The number of carbonyl (C=O) groups is 4. The molecule has 10 nitrogen and oxygen atoms in total. The van der Waals surface area contributed by atoms with Crippen LogP contribution in [0.5, 0.6) is 0 Å². The summed E-state index contributed by atoms with van der Waals surface area (Å²) in [6.07, 6.45) is 1.02. The van der Waals surface area contributed by atoms with Gasteiger partial charge in [0, 0.05) is 31.7 Å².